The van der Waals surface area contributed by atoms with E-state index in [4.69, 9.17) is 5.73 Å². The minimum absolute atomic E-state index is 0.159. The van der Waals surface area contributed by atoms with Gasteiger partial charge in [0.15, 0.2) is 0 Å². The first-order valence-electron chi connectivity index (χ1n) is 8.38. The smallest absolute Gasteiger partial charge is 0.0166 e. The van der Waals surface area contributed by atoms with Crippen LogP contribution in [0.3, 0.4) is 0 Å². The van der Waals surface area contributed by atoms with Crippen molar-refractivity contribution in [2.45, 2.75) is 70.4 Å². The Morgan fingerprint density at radius 2 is 1.68 bits per heavy atom. The third-order valence-corrected chi connectivity index (χ3v) is 5.40. The summed E-state index contributed by atoms with van der Waals surface area (Å²) in [5, 5.41) is 0. The Balaban J connectivity index is 1.68. The van der Waals surface area contributed by atoms with Crippen LogP contribution in [0.5, 0.6) is 0 Å². The second-order valence-electron chi connectivity index (χ2n) is 6.81. The predicted molar refractivity (Wildman–Crippen MR) is 82.4 cm³/mol. The first-order valence-corrected chi connectivity index (χ1v) is 8.38. The lowest BCUT2D eigenvalue weighted by Gasteiger charge is -2.40. The first kappa shape index (κ1) is 15.3. The van der Waals surface area contributed by atoms with Crippen molar-refractivity contribution in [1.29, 1.82) is 0 Å². The Labute approximate surface area is 119 Å². The van der Waals surface area contributed by atoms with E-state index < -0.39 is 0 Å². The molecule has 0 spiro atoms. The van der Waals surface area contributed by atoms with E-state index in [1.165, 1.54) is 77.7 Å². The van der Waals surface area contributed by atoms with Crippen molar-refractivity contribution in [3.8, 4) is 0 Å². The van der Waals surface area contributed by atoms with Gasteiger partial charge in [0.25, 0.3) is 0 Å². The van der Waals surface area contributed by atoms with Gasteiger partial charge in [0.1, 0.15) is 0 Å². The van der Waals surface area contributed by atoms with Crippen LogP contribution in [-0.4, -0.2) is 54.1 Å². The second-order valence-corrected chi connectivity index (χ2v) is 6.81. The summed E-state index contributed by atoms with van der Waals surface area (Å²) in [6.07, 6.45) is 9.06. The molecule has 0 aromatic rings. The van der Waals surface area contributed by atoms with Gasteiger partial charge in [-0.15, -0.1) is 0 Å². The Hall–Kier alpha value is -0.120. The molecule has 2 N–H and O–H groups in total. The highest BCUT2D eigenvalue weighted by Gasteiger charge is 2.28. The highest BCUT2D eigenvalue weighted by atomic mass is 15.3. The Morgan fingerprint density at radius 3 is 2.26 bits per heavy atom. The van der Waals surface area contributed by atoms with Gasteiger partial charge in [0, 0.05) is 37.8 Å². The van der Waals surface area contributed by atoms with Gasteiger partial charge in [-0.2, -0.15) is 0 Å². The molecule has 0 radical (unpaired) electrons. The van der Waals surface area contributed by atoms with Gasteiger partial charge in [-0.25, -0.2) is 0 Å². The van der Waals surface area contributed by atoms with Gasteiger partial charge in [-0.3, -0.25) is 4.90 Å². The van der Waals surface area contributed by atoms with E-state index in [0.29, 0.717) is 0 Å². The number of nitrogens with zero attached hydrogens (tertiary/aromatic N) is 2. The number of nitrogens with two attached hydrogens (primary N) is 1. The Kier molecular flexibility index (Phi) is 5.67. The molecule has 1 aliphatic heterocycles. The van der Waals surface area contributed by atoms with Crippen LogP contribution in [0.4, 0.5) is 0 Å². The molecule has 0 amide bonds. The summed E-state index contributed by atoms with van der Waals surface area (Å²) < 4.78 is 0. The van der Waals surface area contributed by atoms with E-state index in [1.807, 2.05) is 0 Å². The quantitative estimate of drug-likeness (QED) is 0.830. The van der Waals surface area contributed by atoms with E-state index >= 15 is 0 Å². The molecule has 2 fully saturated rings. The van der Waals surface area contributed by atoms with Gasteiger partial charge >= 0.3 is 0 Å². The van der Waals surface area contributed by atoms with Crippen LogP contribution < -0.4 is 5.73 Å². The van der Waals surface area contributed by atoms with Crippen molar-refractivity contribution in [3.63, 3.8) is 0 Å². The number of piperazine rings is 1. The zero-order chi connectivity index (χ0) is 13.7. The molecule has 1 unspecified atom stereocenters. The van der Waals surface area contributed by atoms with E-state index in [0.717, 1.165) is 6.04 Å². The third-order valence-electron chi connectivity index (χ3n) is 5.40. The van der Waals surface area contributed by atoms with Gasteiger partial charge < -0.3 is 10.6 Å². The van der Waals surface area contributed by atoms with Crippen molar-refractivity contribution in [2.75, 3.05) is 32.7 Å². The molecular weight excluding hydrogens is 234 g/mol. The molecule has 1 aliphatic carbocycles. The normalized spacial score (nSPS) is 27.3. The van der Waals surface area contributed by atoms with Crippen molar-refractivity contribution in [2.24, 2.45) is 5.73 Å². The zero-order valence-corrected chi connectivity index (χ0v) is 13.0. The van der Waals surface area contributed by atoms with E-state index in [2.05, 4.69) is 23.6 Å². The fraction of sp³-hybridized carbons (Fsp3) is 1.00. The Morgan fingerprint density at radius 1 is 1.05 bits per heavy atom. The summed E-state index contributed by atoms with van der Waals surface area (Å²) in [7, 11) is 0. The van der Waals surface area contributed by atoms with Crippen LogP contribution in [-0.2, 0) is 0 Å². The standard InChI is InChI=1S/C16H33N3/c1-3-15(2)19-13-11-18(12-14-19)10-9-16(17)7-5-4-6-8-16/h15H,3-14,17H2,1-2H3. The molecule has 0 aromatic carbocycles. The topological polar surface area (TPSA) is 32.5 Å². The van der Waals surface area contributed by atoms with E-state index in [1.54, 1.807) is 0 Å². The molecule has 0 aromatic heterocycles. The highest BCUT2D eigenvalue weighted by molar-refractivity contribution is 4.88. The minimum Gasteiger partial charge on any atom is -0.325 e. The van der Waals surface area contributed by atoms with E-state index in [9.17, 15) is 0 Å². The molecule has 0 bridgehead atoms. The summed E-state index contributed by atoms with van der Waals surface area (Å²) in [5.74, 6) is 0. The molecule has 1 heterocycles. The largest absolute Gasteiger partial charge is 0.325 e. The molecule has 3 nitrogen and oxygen atoms in total. The lowest BCUT2D eigenvalue weighted by Crippen LogP contribution is -2.51. The maximum absolute atomic E-state index is 6.54. The number of hydrogen-bond acceptors (Lipinski definition) is 3. The lowest BCUT2D eigenvalue weighted by atomic mass is 9.80. The zero-order valence-electron chi connectivity index (χ0n) is 13.0. The molecule has 3 heteroatoms. The van der Waals surface area contributed by atoms with Gasteiger partial charge in [-0.1, -0.05) is 26.2 Å². The lowest BCUT2D eigenvalue weighted by molar-refractivity contribution is 0.0922. The number of rotatable bonds is 5. The molecule has 1 saturated carbocycles. The van der Waals surface area contributed by atoms with Crippen molar-refractivity contribution in [3.05, 3.63) is 0 Å². The summed E-state index contributed by atoms with van der Waals surface area (Å²) in [4.78, 5) is 5.26. The molecular formula is C16H33N3. The SMILES string of the molecule is CCC(C)N1CCN(CCC2(N)CCCCC2)CC1. The monoisotopic (exact) mass is 267 g/mol. The van der Waals surface area contributed by atoms with Gasteiger partial charge in [0.05, 0.1) is 0 Å². The van der Waals surface area contributed by atoms with Crippen LogP contribution in [0, 0.1) is 0 Å². The molecule has 112 valence electrons. The molecule has 2 rings (SSSR count). The van der Waals surface area contributed by atoms with Crippen LogP contribution >= 0.6 is 0 Å². The first-order chi connectivity index (χ1) is 9.13. The summed E-state index contributed by atoms with van der Waals surface area (Å²) in [6.45, 7) is 10.8. The number of hydrogen-bond donors (Lipinski definition) is 1. The van der Waals surface area contributed by atoms with Gasteiger partial charge in [0.2, 0.25) is 0 Å². The molecule has 1 saturated heterocycles. The fourth-order valence-electron chi connectivity index (χ4n) is 3.57. The van der Waals surface area contributed by atoms with Crippen molar-refractivity contribution in [1.82, 2.24) is 9.80 Å². The van der Waals surface area contributed by atoms with Gasteiger partial charge in [-0.05, 0) is 39.2 Å². The highest BCUT2D eigenvalue weighted by Crippen LogP contribution is 2.28. The average molecular weight is 267 g/mol. The minimum atomic E-state index is 0.159. The van der Waals surface area contributed by atoms with Crippen LogP contribution in [0.15, 0.2) is 0 Å². The van der Waals surface area contributed by atoms with Crippen LogP contribution in [0.1, 0.15) is 58.8 Å². The second kappa shape index (κ2) is 7.05. The Bertz CT molecular complexity index is 253. The predicted octanol–water partition coefficient (Wildman–Crippen LogP) is 2.45. The maximum atomic E-state index is 6.54. The maximum Gasteiger partial charge on any atom is 0.0166 e. The molecule has 19 heavy (non-hydrogen) atoms. The summed E-state index contributed by atoms with van der Waals surface area (Å²) in [6, 6.07) is 0.751. The fourth-order valence-corrected chi connectivity index (χ4v) is 3.57. The average Bonchev–Trinajstić information content (AvgIpc) is 2.46. The molecule has 1 atom stereocenters. The molecule has 2 aliphatic rings. The van der Waals surface area contributed by atoms with E-state index in [-0.39, 0.29) is 5.54 Å². The third kappa shape index (κ3) is 4.44. The van der Waals surface area contributed by atoms with Crippen LogP contribution in [0.2, 0.25) is 0 Å². The van der Waals surface area contributed by atoms with Crippen molar-refractivity contribution >= 4 is 0 Å². The van der Waals surface area contributed by atoms with Crippen LogP contribution in [0.25, 0.3) is 0 Å². The van der Waals surface area contributed by atoms with Crippen molar-refractivity contribution < 1.29 is 0 Å². The summed E-state index contributed by atoms with van der Waals surface area (Å²) >= 11 is 0. The summed E-state index contributed by atoms with van der Waals surface area (Å²) in [5.41, 5.74) is 6.70.